The van der Waals surface area contributed by atoms with E-state index in [1.54, 1.807) is 0 Å². The van der Waals surface area contributed by atoms with E-state index in [4.69, 9.17) is 5.11 Å². The van der Waals surface area contributed by atoms with Crippen molar-refractivity contribution in [3.63, 3.8) is 0 Å². The molecule has 4 heteroatoms. The van der Waals surface area contributed by atoms with Gasteiger partial charge in [0.15, 0.2) is 0 Å². The van der Waals surface area contributed by atoms with Crippen molar-refractivity contribution >= 4 is 11.9 Å². The highest BCUT2D eigenvalue weighted by Gasteiger charge is 2.37. The van der Waals surface area contributed by atoms with Crippen LogP contribution >= 0.6 is 0 Å². The first-order chi connectivity index (χ1) is 9.99. The van der Waals surface area contributed by atoms with Gasteiger partial charge in [0, 0.05) is 12.5 Å². The monoisotopic (exact) mass is 295 g/mol. The van der Waals surface area contributed by atoms with Gasteiger partial charge in [0.2, 0.25) is 5.91 Å². The van der Waals surface area contributed by atoms with Crippen LogP contribution in [0.5, 0.6) is 0 Å². The Balaban J connectivity index is 1.89. The van der Waals surface area contributed by atoms with Gasteiger partial charge in [0.1, 0.15) is 0 Å². The number of nitrogens with one attached hydrogen (secondary N) is 1. The standard InChI is InChI=1S/C17H29NO3/c1-13-6-5-7-14(10-13)18-15(19)11-17(12-16(20)21)8-3-2-4-9-17/h13-14H,2-12H2,1H3,(H,18,19)(H,20,21). The normalized spacial score (nSPS) is 28.8. The zero-order valence-corrected chi connectivity index (χ0v) is 13.2. The molecule has 2 aliphatic carbocycles. The molecule has 4 nitrogen and oxygen atoms in total. The third kappa shape index (κ3) is 5.01. The summed E-state index contributed by atoms with van der Waals surface area (Å²) in [7, 11) is 0. The zero-order chi connectivity index (χ0) is 15.3. The van der Waals surface area contributed by atoms with E-state index < -0.39 is 5.97 Å². The summed E-state index contributed by atoms with van der Waals surface area (Å²) in [6.45, 7) is 2.24. The zero-order valence-electron chi connectivity index (χ0n) is 13.2. The number of amides is 1. The maximum Gasteiger partial charge on any atom is 0.303 e. The van der Waals surface area contributed by atoms with Crippen LogP contribution in [-0.4, -0.2) is 23.0 Å². The predicted octanol–water partition coefficient (Wildman–Crippen LogP) is 3.50. The Morgan fingerprint density at radius 2 is 1.81 bits per heavy atom. The van der Waals surface area contributed by atoms with Crippen molar-refractivity contribution in [1.29, 1.82) is 0 Å². The van der Waals surface area contributed by atoms with Crippen molar-refractivity contribution in [1.82, 2.24) is 5.32 Å². The van der Waals surface area contributed by atoms with Gasteiger partial charge >= 0.3 is 5.97 Å². The summed E-state index contributed by atoms with van der Waals surface area (Å²) in [6, 6.07) is 0.298. The van der Waals surface area contributed by atoms with E-state index >= 15 is 0 Å². The van der Waals surface area contributed by atoms with Crippen molar-refractivity contribution in [3.05, 3.63) is 0 Å². The lowest BCUT2D eigenvalue weighted by atomic mass is 9.69. The van der Waals surface area contributed by atoms with E-state index in [9.17, 15) is 9.59 Å². The summed E-state index contributed by atoms with van der Waals surface area (Å²) in [5.74, 6) is -0.0139. The first-order valence-electron chi connectivity index (χ1n) is 8.50. The molecule has 2 saturated carbocycles. The second kappa shape index (κ2) is 7.28. The molecule has 2 rings (SSSR count). The van der Waals surface area contributed by atoms with Gasteiger partial charge < -0.3 is 10.4 Å². The molecule has 0 spiro atoms. The molecule has 0 heterocycles. The Bertz CT molecular complexity index is 374. The smallest absolute Gasteiger partial charge is 0.303 e. The number of rotatable bonds is 5. The molecule has 2 unspecified atom stereocenters. The molecule has 0 aromatic carbocycles. The Labute approximate surface area is 127 Å². The lowest BCUT2D eigenvalue weighted by molar-refractivity contribution is -0.141. The molecular formula is C17H29NO3. The first kappa shape index (κ1) is 16.3. The largest absolute Gasteiger partial charge is 0.481 e. The van der Waals surface area contributed by atoms with Crippen molar-refractivity contribution in [2.75, 3.05) is 0 Å². The number of hydrogen-bond donors (Lipinski definition) is 2. The lowest BCUT2D eigenvalue weighted by Gasteiger charge is -2.36. The van der Waals surface area contributed by atoms with Crippen LogP contribution in [0.3, 0.4) is 0 Å². The molecule has 0 aliphatic heterocycles. The van der Waals surface area contributed by atoms with E-state index in [1.807, 2.05) is 0 Å². The highest BCUT2D eigenvalue weighted by molar-refractivity contribution is 5.78. The summed E-state index contributed by atoms with van der Waals surface area (Å²) in [4.78, 5) is 23.5. The Morgan fingerprint density at radius 1 is 1.10 bits per heavy atom. The molecule has 1 amide bonds. The van der Waals surface area contributed by atoms with Crippen molar-refractivity contribution in [3.8, 4) is 0 Å². The van der Waals surface area contributed by atoms with Crippen LogP contribution in [0.15, 0.2) is 0 Å². The van der Waals surface area contributed by atoms with Crippen LogP contribution in [0, 0.1) is 11.3 Å². The molecule has 0 aromatic rings. The number of carboxylic acids is 1. The number of hydrogen-bond acceptors (Lipinski definition) is 2. The topological polar surface area (TPSA) is 66.4 Å². The van der Waals surface area contributed by atoms with E-state index in [-0.39, 0.29) is 17.7 Å². The minimum Gasteiger partial charge on any atom is -0.481 e. The van der Waals surface area contributed by atoms with Gasteiger partial charge in [-0.3, -0.25) is 9.59 Å². The van der Waals surface area contributed by atoms with Crippen LogP contribution in [-0.2, 0) is 9.59 Å². The predicted molar refractivity (Wildman–Crippen MR) is 82.0 cm³/mol. The lowest BCUT2D eigenvalue weighted by Crippen LogP contribution is -2.41. The van der Waals surface area contributed by atoms with E-state index in [0.29, 0.717) is 18.4 Å². The van der Waals surface area contributed by atoms with E-state index in [2.05, 4.69) is 12.2 Å². The highest BCUT2D eigenvalue weighted by atomic mass is 16.4. The van der Waals surface area contributed by atoms with Gasteiger partial charge in [0.25, 0.3) is 0 Å². The Kier molecular flexibility index (Phi) is 5.65. The number of carbonyl (C=O) groups is 2. The van der Waals surface area contributed by atoms with Crippen LogP contribution < -0.4 is 5.32 Å². The Hall–Kier alpha value is -1.06. The third-order valence-corrected chi connectivity index (χ3v) is 5.28. The molecule has 21 heavy (non-hydrogen) atoms. The minimum absolute atomic E-state index is 0.0669. The molecule has 0 saturated heterocycles. The Morgan fingerprint density at radius 3 is 2.43 bits per heavy atom. The van der Waals surface area contributed by atoms with Gasteiger partial charge in [0.05, 0.1) is 6.42 Å². The van der Waals surface area contributed by atoms with Crippen LogP contribution in [0.1, 0.15) is 77.6 Å². The molecule has 0 bridgehead atoms. The molecule has 2 aliphatic rings. The molecule has 0 radical (unpaired) electrons. The molecule has 2 atom stereocenters. The average molecular weight is 295 g/mol. The average Bonchev–Trinajstić information content (AvgIpc) is 2.38. The molecule has 2 fully saturated rings. The van der Waals surface area contributed by atoms with Gasteiger partial charge in [-0.2, -0.15) is 0 Å². The van der Waals surface area contributed by atoms with Crippen molar-refractivity contribution in [2.24, 2.45) is 11.3 Å². The number of carbonyl (C=O) groups excluding carboxylic acids is 1. The van der Waals surface area contributed by atoms with Crippen molar-refractivity contribution in [2.45, 2.75) is 83.6 Å². The van der Waals surface area contributed by atoms with E-state index in [1.165, 1.54) is 19.3 Å². The third-order valence-electron chi connectivity index (χ3n) is 5.28. The van der Waals surface area contributed by atoms with Crippen LogP contribution in [0.25, 0.3) is 0 Å². The van der Waals surface area contributed by atoms with Crippen molar-refractivity contribution < 1.29 is 14.7 Å². The number of carboxylic acid groups (broad SMARTS) is 1. The fourth-order valence-corrected chi connectivity index (χ4v) is 4.22. The van der Waals surface area contributed by atoms with Crippen LogP contribution in [0.4, 0.5) is 0 Å². The maximum absolute atomic E-state index is 12.4. The number of aliphatic carboxylic acids is 1. The summed E-state index contributed by atoms with van der Waals surface area (Å²) < 4.78 is 0. The molecule has 2 N–H and O–H groups in total. The first-order valence-corrected chi connectivity index (χ1v) is 8.50. The van der Waals surface area contributed by atoms with E-state index in [0.717, 1.165) is 38.5 Å². The second-order valence-electron chi connectivity index (χ2n) is 7.34. The van der Waals surface area contributed by atoms with Gasteiger partial charge in [-0.25, -0.2) is 0 Å². The fourth-order valence-electron chi connectivity index (χ4n) is 4.22. The van der Waals surface area contributed by atoms with Gasteiger partial charge in [-0.15, -0.1) is 0 Å². The van der Waals surface area contributed by atoms with Gasteiger partial charge in [-0.05, 0) is 37.0 Å². The summed E-state index contributed by atoms with van der Waals surface area (Å²) in [5.41, 5.74) is -0.297. The molecule has 0 aromatic heterocycles. The SMILES string of the molecule is CC1CCCC(NC(=O)CC2(CC(=O)O)CCCCC2)C1. The quantitative estimate of drug-likeness (QED) is 0.816. The van der Waals surface area contributed by atoms with Gasteiger partial charge in [-0.1, -0.05) is 39.0 Å². The fraction of sp³-hybridized carbons (Fsp3) is 0.882. The summed E-state index contributed by atoms with van der Waals surface area (Å²) in [6.07, 6.45) is 10.2. The highest BCUT2D eigenvalue weighted by Crippen LogP contribution is 2.42. The summed E-state index contributed by atoms with van der Waals surface area (Å²) >= 11 is 0. The maximum atomic E-state index is 12.4. The second-order valence-corrected chi connectivity index (χ2v) is 7.34. The van der Waals surface area contributed by atoms with Crippen LogP contribution in [0.2, 0.25) is 0 Å². The molecule has 120 valence electrons. The minimum atomic E-state index is -0.768. The summed E-state index contributed by atoms with van der Waals surface area (Å²) in [5, 5.41) is 12.3. The molecular weight excluding hydrogens is 266 g/mol.